The predicted molar refractivity (Wildman–Crippen MR) is 97.9 cm³/mol. The lowest BCUT2D eigenvalue weighted by Crippen LogP contribution is -2.35. The molecular formula is C20H17N3O4. The Hall–Kier alpha value is -3.66. The number of amides is 2. The Labute approximate surface area is 155 Å². The molecule has 0 heterocycles. The Morgan fingerprint density at radius 3 is 1.81 bits per heavy atom. The number of nitriles is 1. The third-order valence-electron chi connectivity index (χ3n) is 4.46. The Bertz CT molecular complexity index is 923. The molecule has 0 aromatic heterocycles. The molecule has 0 unspecified atom stereocenters. The molecular weight excluding hydrogens is 346 g/mol. The highest BCUT2D eigenvalue weighted by Crippen LogP contribution is 2.47. The molecule has 0 spiro atoms. The van der Waals surface area contributed by atoms with E-state index in [1.54, 1.807) is 36.4 Å². The minimum Gasteiger partial charge on any atom is -0.465 e. The fourth-order valence-corrected chi connectivity index (χ4v) is 2.62. The van der Waals surface area contributed by atoms with Gasteiger partial charge >= 0.3 is 5.97 Å². The number of nitrogens with one attached hydrogen (secondary N) is 2. The van der Waals surface area contributed by atoms with Gasteiger partial charge in [0.05, 0.1) is 24.3 Å². The average Bonchev–Trinajstić information content (AvgIpc) is 3.51. The highest BCUT2D eigenvalue weighted by molar-refractivity contribution is 6.17. The van der Waals surface area contributed by atoms with Crippen molar-refractivity contribution in [2.45, 2.75) is 12.8 Å². The van der Waals surface area contributed by atoms with E-state index in [0.717, 1.165) is 0 Å². The predicted octanol–water partition coefficient (Wildman–Crippen LogP) is 2.70. The van der Waals surface area contributed by atoms with E-state index < -0.39 is 11.4 Å². The Kier molecular flexibility index (Phi) is 4.90. The Morgan fingerprint density at radius 2 is 1.41 bits per heavy atom. The maximum Gasteiger partial charge on any atom is 0.337 e. The normalized spacial score (nSPS) is 13.8. The molecule has 1 fully saturated rings. The van der Waals surface area contributed by atoms with E-state index in [0.29, 0.717) is 35.3 Å². The van der Waals surface area contributed by atoms with Gasteiger partial charge in [0.2, 0.25) is 11.8 Å². The van der Waals surface area contributed by atoms with E-state index in [4.69, 9.17) is 5.26 Å². The first-order valence-corrected chi connectivity index (χ1v) is 8.30. The number of rotatable bonds is 5. The van der Waals surface area contributed by atoms with Crippen molar-refractivity contribution < 1.29 is 19.1 Å². The molecule has 0 aliphatic heterocycles. The van der Waals surface area contributed by atoms with Crippen molar-refractivity contribution in [3.8, 4) is 6.07 Å². The fourth-order valence-electron chi connectivity index (χ4n) is 2.62. The highest BCUT2D eigenvalue weighted by Gasteiger charge is 2.56. The lowest BCUT2D eigenvalue weighted by Gasteiger charge is -2.15. The number of hydrogen-bond acceptors (Lipinski definition) is 5. The summed E-state index contributed by atoms with van der Waals surface area (Å²) in [5, 5.41) is 14.3. The monoisotopic (exact) mass is 363 g/mol. The molecule has 0 saturated heterocycles. The summed E-state index contributed by atoms with van der Waals surface area (Å²) in [6.45, 7) is 0. The summed E-state index contributed by atoms with van der Waals surface area (Å²) < 4.78 is 4.63. The topological polar surface area (TPSA) is 108 Å². The fraction of sp³-hybridized carbons (Fsp3) is 0.200. The first-order valence-electron chi connectivity index (χ1n) is 8.30. The van der Waals surface area contributed by atoms with E-state index >= 15 is 0 Å². The Morgan fingerprint density at radius 1 is 0.926 bits per heavy atom. The number of nitrogens with zero attached hydrogens (tertiary/aromatic N) is 1. The molecule has 1 aliphatic rings. The molecule has 7 nitrogen and oxygen atoms in total. The van der Waals surface area contributed by atoms with Gasteiger partial charge in [-0.25, -0.2) is 4.79 Å². The molecule has 2 amide bonds. The molecule has 2 aromatic rings. The van der Waals surface area contributed by atoms with Crippen molar-refractivity contribution in [1.29, 1.82) is 5.26 Å². The minimum atomic E-state index is -1.10. The molecule has 7 heteroatoms. The number of methoxy groups -OCH3 is 1. The number of carbonyl (C=O) groups is 3. The van der Waals surface area contributed by atoms with Crippen molar-refractivity contribution in [1.82, 2.24) is 0 Å². The quantitative estimate of drug-likeness (QED) is 0.627. The van der Waals surface area contributed by atoms with Crippen LogP contribution in [0.4, 0.5) is 11.4 Å². The van der Waals surface area contributed by atoms with Gasteiger partial charge in [0.1, 0.15) is 5.41 Å². The molecule has 1 saturated carbocycles. The molecule has 2 aromatic carbocycles. The van der Waals surface area contributed by atoms with Gasteiger partial charge < -0.3 is 15.4 Å². The summed E-state index contributed by atoms with van der Waals surface area (Å²) in [7, 11) is 1.29. The van der Waals surface area contributed by atoms with Crippen LogP contribution in [0.1, 0.15) is 28.8 Å². The van der Waals surface area contributed by atoms with Crippen LogP contribution in [0, 0.1) is 16.7 Å². The zero-order chi connectivity index (χ0) is 19.4. The van der Waals surface area contributed by atoms with E-state index in [1.165, 1.54) is 19.2 Å². The smallest absolute Gasteiger partial charge is 0.337 e. The summed E-state index contributed by atoms with van der Waals surface area (Å²) in [6, 6.07) is 14.7. The number of esters is 1. The van der Waals surface area contributed by atoms with Crippen LogP contribution >= 0.6 is 0 Å². The van der Waals surface area contributed by atoms with Gasteiger partial charge in [-0.1, -0.05) is 0 Å². The van der Waals surface area contributed by atoms with E-state index in [2.05, 4.69) is 15.4 Å². The average molecular weight is 363 g/mol. The number of anilines is 2. The lowest BCUT2D eigenvalue weighted by molar-refractivity contribution is -0.131. The van der Waals surface area contributed by atoms with Crippen molar-refractivity contribution >= 4 is 29.2 Å². The molecule has 136 valence electrons. The van der Waals surface area contributed by atoms with E-state index in [9.17, 15) is 14.4 Å². The summed E-state index contributed by atoms with van der Waals surface area (Å²) in [5.74, 6) is -1.23. The number of benzene rings is 2. The van der Waals surface area contributed by atoms with Gasteiger partial charge in [0, 0.05) is 11.4 Å². The van der Waals surface area contributed by atoms with Crippen LogP contribution in [-0.2, 0) is 14.3 Å². The third-order valence-corrected chi connectivity index (χ3v) is 4.46. The highest BCUT2D eigenvalue weighted by atomic mass is 16.5. The maximum absolute atomic E-state index is 12.6. The van der Waals surface area contributed by atoms with Gasteiger partial charge in [-0.15, -0.1) is 0 Å². The number of ether oxygens (including phenoxy) is 1. The second-order valence-electron chi connectivity index (χ2n) is 6.25. The van der Waals surface area contributed by atoms with Gasteiger partial charge in [-0.05, 0) is 61.4 Å². The van der Waals surface area contributed by atoms with Gasteiger partial charge in [0.25, 0.3) is 0 Å². The SMILES string of the molecule is COC(=O)c1ccc(NC(=O)C2(C(=O)Nc3ccc(C#N)cc3)CC2)cc1. The standard InChI is InChI=1S/C20H17N3O4/c1-27-17(24)14-4-8-16(9-5-14)23-19(26)20(10-11-20)18(25)22-15-6-2-13(12-21)3-7-15/h2-9H,10-11H2,1H3,(H,22,25)(H,23,26). The zero-order valence-electron chi connectivity index (χ0n) is 14.6. The van der Waals surface area contributed by atoms with Crippen molar-refractivity contribution in [3.63, 3.8) is 0 Å². The maximum atomic E-state index is 12.6. The van der Waals surface area contributed by atoms with Gasteiger partial charge in [0.15, 0.2) is 0 Å². The van der Waals surface area contributed by atoms with Gasteiger partial charge in [-0.3, -0.25) is 9.59 Å². The molecule has 0 radical (unpaired) electrons. The molecule has 3 rings (SSSR count). The van der Waals surface area contributed by atoms with Crippen LogP contribution in [0.3, 0.4) is 0 Å². The number of carbonyl (C=O) groups excluding carboxylic acids is 3. The Balaban J connectivity index is 1.65. The lowest BCUT2D eigenvalue weighted by atomic mass is 10.0. The second kappa shape index (κ2) is 7.30. The molecule has 0 atom stereocenters. The van der Waals surface area contributed by atoms with Gasteiger partial charge in [-0.2, -0.15) is 5.26 Å². The van der Waals surface area contributed by atoms with Crippen molar-refractivity contribution in [2.75, 3.05) is 17.7 Å². The van der Waals surface area contributed by atoms with E-state index in [-0.39, 0.29) is 11.8 Å². The second-order valence-corrected chi connectivity index (χ2v) is 6.25. The molecule has 2 N–H and O–H groups in total. The van der Waals surface area contributed by atoms with Crippen LogP contribution in [-0.4, -0.2) is 24.9 Å². The minimum absolute atomic E-state index is 0.371. The molecule has 1 aliphatic carbocycles. The van der Waals surface area contributed by atoms with Crippen LogP contribution in [0.25, 0.3) is 0 Å². The largest absolute Gasteiger partial charge is 0.465 e. The summed E-state index contributed by atoms with van der Waals surface area (Å²) in [6.07, 6.45) is 0.919. The third kappa shape index (κ3) is 3.80. The van der Waals surface area contributed by atoms with Crippen molar-refractivity contribution in [2.24, 2.45) is 5.41 Å². The van der Waals surface area contributed by atoms with Crippen molar-refractivity contribution in [3.05, 3.63) is 59.7 Å². The van der Waals surface area contributed by atoms with Crippen LogP contribution in [0.2, 0.25) is 0 Å². The summed E-state index contributed by atoms with van der Waals surface area (Å²) >= 11 is 0. The van der Waals surface area contributed by atoms with Crippen LogP contribution in [0.5, 0.6) is 0 Å². The first-order chi connectivity index (χ1) is 13.0. The van der Waals surface area contributed by atoms with E-state index in [1.807, 2.05) is 6.07 Å². The van der Waals surface area contributed by atoms with Crippen LogP contribution < -0.4 is 10.6 Å². The zero-order valence-corrected chi connectivity index (χ0v) is 14.6. The molecule has 27 heavy (non-hydrogen) atoms. The summed E-state index contributed by atoms with van der Waals surface area (Å²) in [4.78, 5) is 36.6. The molecule has 0 bridgehead atoms. The first kappa shape index (κ1) is 18.1. The number of hydrogen-bond donors (Lipinski definition) is 2. The summed E-state index contributed by atoms with van der Waals surface area (Å²) in [5.41, 5.74) is 0.776. The van der Waals surface area contributed by atoms with Crippen LogP contribution in [0.15, 0.2) is 48.5 Å².